The third-order valence-corrected chi connectivity index (χ3v) is 0.0745. The summed E-state index contributed by atoms with van der Waals surface area (Å²) >= 11 is 0. The molecule has 0 fully saturated rings. The third kappa shape index (κ3) is 33300. The van der Waals surface area contributed by atoms with Gasteiger partial charge in [-0.05, 0) is 0 Å². The van der Waals surface area contributed by atoms with E-state index in [1.807, 2.05) is 0 Å². The van der Waals surface area contributed by atoms with Gasteiger partial charge in [0.25, 0.3) is 5.97 Å². The number of hydrogen-bond donors (Lipinski definition) is 2. The molecule has 10 heteroatoms. The van der Waals surface area contributed by atoms with Crippen molar-refractivity contribution >= 4 is 12.3 Å². The fraction of sp³-hybridized carbons (Fsp3) is 0.250. The van der Waals surface area contributed by atoms with Gasteiger partial charge in [-0.25, -0.2) is 0 Å². The Morgan fingerprint density at radius 2 is 1.06 bits per heavy atom. The summed E-state index contributed by atoms with van der Waals surface area (Å²) in [6.45, 7) is 18.7. The molecule has 18 heavy (non-hydrogen) atoms. The van der Waals surface area contributed by atoms with Gasteiger partial charge in [0.1, 0.15) is 6.29 Å². The topological polar surface area (TPSA) is 154 Å². The Labute approximate surface area is 130 Å². The van der Waals surface area contributed by atoms with Crippen LogP contribution in [0.2, 0.25) is 0 Å². The largest absolute Gasteiger partial charge is 0 e. The van der Waals surface area contributed by atoms with Crippen LogP contribution >= 0.6 is 0 Å². The van der Waals surface area contributed by atoms with Crippen LogP contribution < -0.4 is 0 Å². The van der Waals surface area contributed by atoms with Crippen LogP contribution in [0.25, 0.3) is 0 Å². The van der Waals surface area contributed by atoms with Crippen molar-refractivity contribution in [2.45, 2.75) is 6.92 Å². The molecule has 0 spiro atoms. The zero-order chi connectivity index (χ0) is 15.0. The molecule has 0 heterocycles. The van der Waals surface area contributed by atoms with Crippen molar-refractivity contribution in [1.82, 2.24) is 0 Å². The number of rotatable bonds is 1. The minimum Gasteiger partial charge on any atom is 0 e. The van der Waals surface area contributed by atoms with Crippen LogP contribution in [0.3, 0.4) is 0 Å². The third-order valence-electron chi connectivity index (χ3n) is 0.0745. The fourth-order valence-corrected chi connectivity index (χ4v) is 0. The molecule has 2 N–H and O–H groups in total. The SMILES string of the molecule is CC(=O)O.O=CCO.[C-]#[O+].[C-]#[O+].[C-]#[O+].[C-]#[O+].[Rh].[Rh]. The van der Waals surface area contributed by atoms with E-state index in [-0.39, 0.29) is 45.6 Å². The quantitative estimate of drug-likeness (QED) is 0.236. The van der Waals surface area contributed by atoms with Crippen LogP contribution in [0.4, 0.5) is 0 Å². The number of aliphatic carboxylic acids is 1. The smallest absolute Gasteiger partial charge is 0 e. The normalized spacial score (nSPS) is 3.22. The van der Waals surface area contributed by atoms with Crippen LogP contribution in [0, 0.1) is 26.6 Å². The summed E-state index contributed by atoms with van der Waals surface area (Å²) in [6.07, 6.45) is 0.431. The minimum atomic E-state index is -0.833. The summed E-state index contributed by atoms with van der Waals surface area (Å²) in [5, 5.41) is 14.9. The maximum absolute atomic E-state index is 9.00. The van der Waals surface area contributed by atoms with E-state index in [9.17, 15) is 0 Å². The van der Waals surface area contributed by atoms with Gasteiger partial charge >= 0.3 is 45.2 Å². The van der Waals surface area contributed by atoms with E-state index in [4.69, 9.17) is 38.4 Å². The molecule has 0 rings (SSSR count). The number of aldehydes is 1. The van der Waals surface area contributed by atoms with Gasteiger partial charge in [-0.1, -0.05) is 0 Å². The second kappa shape index (κ2) is 206. The van der Waals surface area contributed by atoms with E-state index in [0.29, 0.717) is 6.29 Å². The maximum atomic E-state index is 9.00. The van der Waals surface area contributed by atoms with E-state index in [1.165, 1.54) is 0 Å². The van der Waals surface area contributed by atoms with Crippen molar-refractivity contribution in [2.75, 3.05) is 6.61 Å². The van der Waals surface area contributed by atoms with Crippen molar-refractivity contribution in [2.24, 2.45) is 0 Å². The zero-order valence-electron chi connectivity index (χ0n) is 8.80. The average Bonchev–Trinajstić information content (AvgIpc) is 2.38. The number of hydrogen-bond acceptors (Lipinski definition) is 3. The van der Waals surface area contributed by atoms with Gasteiger partial charge in [0, 0.05) is 45.9 Å². The molecule has 0 aliphatic rings. The molecule has 0 aromatic heterocycles. The summed E-state index contributed by atoms with van der Waals surface area (Å²) in [5.74, 6) is -0.833. The van der Waals surface area contributed by atoms with E-state index >= 15 is 0 Å². The first-order valence-electron chi connectivity index (χ1n) is 2.70. The molecule has 8 nitrogen and oxygen atoms in total. The molecule has 0 bridgehead atoms. The molecule has 0 saturated heterocycles. The number of carboxylic acids is 1. The predicted molar refractivity (Wildman–Crippen MR) is 42.2 cm³/mol. The molecule has 0 atom stereocenters. The summed E-state index contributed by atoms with van der Waals surface area (Å²) in [7, 11) is 0. The molecule has 0 aliphatic carbocycles. The molecule has 0 saturated carbocycles. The first kappa shape index (κ1) is 53.1. The molecule has 0 aliphatic heterocycles. The van der Waals surface area contributed by atoms with E-state index in [1.54, 1.807) is 0 Å². The van der Waals surface area contributed by atoms with E-state index < -0.39 is 5.97 Å². The summed E-state index contributed by atoms with van der Waals surface area (Å²) in [6, 6.07) is 0. The zero-order valence-corrected chi connectivity index (χ0v) is 12.1. The molecule has 0 amide bonds. The van der Waals surface area contributed by atoms with Crippen molar-refractivity contribution in [3.63, 3.8) is 0 Å². The molecular formula is C8H8O8Rh2. The fourth-order valence-electron chi connectivity index (χ4n) is 0. The Balaban J connectivity index is -0.0000000113. The summed E-state index contributed by atoms with van der Waals surface area (Å²) in [5.41, 5.74) is 0. The van der Waals surface area contributed by atoms with Gasteiger partial charge < -0.3 is 15.0 Å². The van der Waals surface area contributed by atoms with Crippen molar-refractivity contribution in [1.29, 1.82) is 0 Å². The number of carbonyl (C=O) groups is 2. The van der Waals surface area contributed by atoms with Gasteiger partial charge in [-0.3, -0.25) is 4.79 Å². The first-order valence-corrected chi connectivity index (χ1v) is 2.70. The Morgan fingerprint density at radius 1 is 1.00 bits per heavy atom. The van der Waals surface area contributed by atoms with E-state index in [2.05, 4.69) is 26.6 Å². The Morgan fingerprint density at radius 3 is 1.06 bits per heavy atom. The number of carboxylic acid groups (broad SMARTS) is 1. The van der Waals surface area contributed by atoms with Crippen LogP contribution in [0.1, 0.15) is 6.92 Å². The standard InChI is InChI=1S/2C2H4O2.4CO.2Rh/c1-2(3)4;3-1-2-4;4*1-2;;/h1H3,(H,3,4);1,4H,2H2;;;;;;. The average molecular weight is 438 g/mol. The van der Waals surface area contributed by atoms with Gasteiger partial charge in [-0.2, -0.15) is 0 Å². The van der Waals surface area contributed by atoms with Gasteiger partial charge in [0.2, 0.25) is 0 Å². The van der Waals surface area contributed by atoms with Crippen molar-refractivity contribution in [3.05, 3.63) is 26.6 Å². The van der Waals surface area contributed by atoms with Crippen molar-refractivity contribution in [3.8, 4) is 0 Å². The van der Waals surface area contributed by atoms with Gasteiger partial charge in [-0.15, -0.1) is 0 Å². The second-order valence-corrected chi connectivity index (χ2v) is 0.868. The Bertz CT molecular complexity index is 168. The molecule has 0 unspecified atom stereocenters. The van der Waals surface area contributed by atoms with Crippen molar-refractivity contribution < 1.29 is 77.4 Å². The van der Waals surface area contributed by atoms with Crippen LogP contribution in [0.5, 0.6) is 0 Å². The number of aliphatic hydroxyl groups excluding tert-OH is 1. The van der Waals surface area contributed by atoms with Gasteiger partial charge in [0.05, 0.1) is 6.61 Å². The van der Waals surface area contributed by atoms with Crippen LogP contribution in [-0.2, 0) is 67.2 Å². The first-order chi connectivity index (χ1) is 7.65. The van der Waals surface area contributed by atoms with Crippen LogP contribution in [-0.4, -0.2) is 29.1 Å². The molecule has 0 aromatic rings. The predicted octanol–water partition coefficient (Wildman–Crippen LogP) is -0.887. The Hall–Kier alpha value is -0.693. The molecular weight excluding hydrogens is 430 g/mol. The summed E-state index contributed by atoms with van der Waals surface area (Å²) < 4.78 is 30.0. The van der Waals surface area contributed by atoms with E-state index in [0.717, 1.165) is 6.92 Å². The Kier molecular flexibility index (Phi) is 608. The van der Waals surface area contributed by atoms with Gasteiger partial charge in [0.15, 0.2) is 0 Å². The second-order valence-electron chi connectivity index (χ2n) is 0.868. The molecule has 0 aromatic carbocycles. The van der Waals surface area contributed by atoms with Crippen LogP contribution in [0.15, 0.2) is 0 Å². The number of aliphatic hydroxyl groups is 1. The number of carbonyl (C=O) groups excluding carboxylic acids is 1. The summed E-state index contributed by atoms with van der Waals surface area (Å²) in [4.78, 5) is 17.9. The molecule has 2 radical (unpaired) electrons. The maximum Gasteiger partial charge on any atom is 0 e. The monoisotopic (exact) mass is 438 g/mol. The molecule has 106 valence electrons. The minimum absolute atomic E-state index is 0.